The fraction of sp³-hybridized carbons (Fsp3) is 0.500. The molecule has 0 spiro atoms. The van der Waals surface area contributed by atoms with Crippen LogP contribution in [-0.4, -0.2) is 63.5 Å². The van der Waals surface area contributed by atoms with Gasteiger partial charge in [0.2, 0.25) is 0 Å². The summed E-state index contributed by atoms with van der Waals surface area (Å²) in [7, 11) is -2.40. The zero-order valence-electron chi connectivity index (χ0n) is 15.1. The number of hydrogen-bond acceptors (Lipinski definition) is 5. The SMILES string of the molecule is CCCCOC1=C(C(=O)N2CCOCC2)N(C)S(=O)(=O)c2ccccc21. The van der Waals surface area contributed by atoms with Crippen LogP contribution in [0.15, 0.2) is 34.9 Å². The Morgan fingerprint density at radius 1 is 1.23 bits per heavy atom. The average molecular weight is 380 g/mol. The summed E-state index contributed by atoms with van der Waals surface area (Å²) in [5.41, 5.74) is 0.514. The summed E-state index contributed by atoms with van der Waals surface area (Å²) in [5.74, 6) is -0.0109. The van der Waals surface area contributed by atoms with Crippen LogP contribution in [0.25, 0.3) is 5.76 Å². The summed E-state index contributed by atoms with van der Waals surface area (Å²) in [6, 6.07) is 6.65. The molecule has 0 N–H and O–H groups in total. The highest BCUT2D eigenvalue weighted by Gasteiger charge is 2.40. The van der Waals surface area contributed by atoms with Crippen molar-refractivity contribution in [2.75, 3.05) is 40.0 Å². The zero-order valence-corrected chi connectivity index (χ0v) is 15.9. The van der Waals surface area contributed by atoms with Gasteiger partial charge < -0.3 is 14.4 Å². The second-order valence-corrected chi connectivity index (χ2v) is 8.19. The number of carbonyl (C=O) groups excluding carboxylic acids is 1. The number of amides is 1. The molecule has 3 rings (SSSR count). The number of unbranched alkanes of at least 4 members (excludes halogenated alkanes) is 1. The van der Waals surface area contributed by atoms with E-state index in [0.717, 1.165) is 17.1 Å². The smallest absolute Gasteiger partial charge is 0.275 e. The Bertz CT molecular complexity index is 813. The Hall–Kier alpha value is -2.06. The maximum Gasteiger partial charge on any atom is 0.275 e. The molecular formula is C18H24N2O5S. The number of nitrogens with zero attached hydrogens (tertiary/aromatic N) is 2. The minimum absolute atomic E-state index is 0.0710. The van der Waals surface area contributed by atoms with Gasteiger partial charge in [-0.05, 0) is 18.6 Å². The van der Waals surface area contributed by atoms with Gasteiger partial charge >= 0.3 is 0 Å². The number of rotatable bonds is 5. The van der Waals surface area contributed by atoms with Crippen molar-refractivity contribution in [3.05, 3.63) is 35.5 Å². The molecule has 1 amide bonds. The molecule has 0 atom stereocenters. The Balaban J connectivity index is 2.11. The van der Waals surface area contributed by atoms with Gasteiger partial charge in [0.25, 0.3) is 15.9 Å². The first-order chi connectivity index (χ1) is 12.5. The fourth-order valence-electron chi connectivity index (χ4n) is 3.03. The fourth-order valence-corrected chi connectivity index (χ4v) is 4.42. The Labute approximate surface area is 154 Å². The first-order valence-electron chi connectivity index (χ1n) is 8.81. The van der Waals surface area contributed by atoms with Gasteiger partial charge in [-0.15, -0.1) is 0 Å². The van der Waals surface area contributed by atoms with E-state index >= 15 is 0 Å². The van der Waals surface area contributed by atoms with E-state index < -0.39 is 10.0 Å². The minimum atomic E-state index is -3.80. The van der Waals surface area contributed by atoms with E-state index in [1.54, 1.807) is 29.2 Å². The number of likely N-dealkylation sites (N-methyl/N-ethyl adjacent to an activating group) is 1. The average Bonchev–Trinajstić information content (AvgIpc) is 2.66. The Morgan fingerprint density at radius 3 is 2.62 bits per heavy atom. The molecule has 26 heavy (non-hydrogen) atoms. The summed E-state index contributed by atoms with van der Waals surface area (Å²) in [6.45, 7) is 4.22. The third-order valence-electron chi connectivity index (χ3n) is 4.55. The van der Waals surface area contributed by atoms with E-state index in [2.05, 4.69) is 0 Å². The number of carbonyl (C=O) groups is 1. The van der Waals surface area contributed by atoms with E-state index in [-0.39, 0.29) is 16.5 Å². The van der Waals surface area contributed by atoms with Crippen LogP contribution < -0.4 is 0 Å². The molecule has 1 saturated heterocycles. The van der Waals surface area contributed by atoms with Crippen molar-refractivity contribution in [1.29, 1.82) is 0 Å². The monoisotopic (exact) mass is 380 g/mol. The maximum absolute atomic E-state index is 13.1. The van der Waals surface area contributed by atoms with Gasteiger partial charge in [-0.2, -0.15) is 0 Å². The molecule has 0 saturated carbocycles. The summed E-state index contributed by atoms with van der Waals surface area (Å²) >= 11 is 0. The Morgan fingerprint density at radius 2 is 1.92 bits per heavy atom. The standard InChI is InChI=1S/C18H24N2O5S/c1-3-4-11-25-17-14-7-5-6-8-15(14)26(22,23)19(2)16(17)18(21)20-9-12-24-13-10-20/h5-8H,3-4,9-13H2,1-2H3. The number of morpholine rings is 1. The van der Waals surface area contributed by atoms with Crippen molar-refractivity contribution in [1.82, 2.24) is 9.21 Å². The highest BCUT2D eigenvalue weighted by Crippen LogP contribution is 2.37. The molecule has 1 aromatic rings. The van der Waals surface area contributed by atoms with Crippen molar-refractivity contribution >= 4 is 21.7 Å². The van der Waals surface area contributed by atoms with E-state index in [0.29, 0.717) is 44.2 Å². The van der Waals surface area contributed by atoms with E-state index in [9.17, 15) is 13.2 Å². The van der Waals surface area contributed by atoms with Crippen LogP contribution in [0.2, 0.25) is 0 Å². The van der Waals surface area contributed by atoms with Crippen LogP contribution in [0.4, 0.5) is 0 Å². The molecule has 0 bridgehead atoms. The van der Waals surface area contributed by atoms with E-state index in [1.165, 1.54) is 7.05 Å². The van der Waals surface area contributed by atoms with E-state index in [4.69, 9.17) is 9.47 Å². The lowest BCUT2D eigenvalue weighted by molar-refractivity contribution is -0.132. The maximum atomic E-state index is 13.1. The van der Waals surface area contributed by atoms with Crippen molar-refractivity contribution in [2.24, 2.45) is 0 Å². The molecule has 2 heterocycles. The number of hydrogen-bond donors (Lipinski definition) is 0. The third-order valence-corrected chi connectivity index (χ3v) is 6.36. The number of benzene rings is 1. The molecule has 142 valence electrons. The lowest BCUT2D eigenvalue weighted by Crippen LogP contribution is -2.46. The molecule has 1 aromatic carbocycles. The predicted molar refractivity (Wildman–Crippen MR) is 96.6 cm³/mol. The van der Waals surface area contributed by atoms with Crippen molar-refractivity contribution in [2.45, 2.75) is 24.7 Å². The molecule has 8 heteroatoms. The lowest BCUT2D eigenvalue weighted by Gasteiger charge is -2.34. The first-order valence-corrected chi connectivity index (χ1v) is 10.2. The van der Waals surface area contributed by atoms with Gasteiger partial charge in [0.05, 0.1) is 24.7 Å². The molecule has 0 unspecified atom stereocenters. The summed E-state index contributed by atoms with van der Waals surface area (Å²) in [4.78, 5) is 14.9. The molecule has 0 aliphatic carbocycles. The molecule has 7 nitrogen and oxygen atoms in total. The van der Waals surface area contributed by atoms with Crippen molar-refractivity contribution in [3.63, 3.8) is 0 Å². The quantitative estimate of drug-likeness (QED) is 0.726. The van der Waals surface area contributed by atoms with Crippen molar-refractivity contribution in [3.8, 4) is 0 Å². The van der Waals surface area contributed by atoms with Gasteiger partial charge in [-0.1, -0.05) is 25.5 Å². The van der Waals surface area contributed by atoms with Crippen LogP contribution in [0.1, 0.15) is 25.3 Å². The van der Waals surface area contributed by atoms with Gasteiger partial charge in [-0.3, -0.25) is 9.10 Å². The van der Waals surface area contributed by atoms with Gasteiger partial charge in [0.15, 0.2) is 11.5 Å². The highest BCUT2D eigenvalue weighted by atomic mass is 32.2. The topological polar surface area (TPSA) is 76.2 Å². The summed E-state index contributed by atoms with van der Waals surface area (Å²) in [5, 5.41) is 0. The van der Waals surface area contributed by atoms with Crippen LogP contribution in [-0.2, 0) is 24.3 Å². The van der Waals surface area contributed by atoms with Crippen LogP contribution in [0.3, 0.4) is 0 Å². The number of ether oxygens (including phenoxy) is 2. The predicted octanol–water partition coefficient (Wildman–Crippen LogP) is 1.66. The molecule has 2 aliphatic heterocycles. The van der Waals surface area contributed by atoms with Gasteiger partial charge in [-0.25, -0.2) is 8.42 Å². The van der Waals surface area contributed by atoms with Crippen LogP contribution >= 0.6 is 0 Å². The summed E-state index contributed by atoms with van der Waals surface area (Å²) in [6.07, 6.45) is 1.76. The summed E-state index contributed by atoms with van der Waals surface area (Å²) < 4.78 is 38.1. The molecule has 0 radical (unpaired) electrons. The third kappa shape index (κ3) is 3.31. The van der Waals surface area contributed by atoms with Crippen molar-refractivity contribution < 1.29 is 22.7 Å². The second-order valence-electron chi connectivity index (χ2n) is 6.25. The lowest BCUT2D eigenvalue weighted by atomic mass is 10.1. The Kier molecular flexibility index (Phi) is 5.52. The normalized spacial score (nSPS) is 19.3. The minimum Gasteiger partial charge on any atom is -0.490 e. The van der Waals surface area contributed by atoms with Crippen LogP contribution in [0, 0.1) is 0 Å². The molecule has 0 aromatic heterocycles. The number of sulfonamides is 1. The molecular weight excluding hydrogens is 356 g/mol. The molecule has 1 fully saturated rings. The van der Waals surface area contributed by atoms with Crippen LogP contribution in [0.5, 0.6) is 0 Å². The second kappa shape index (κ2) is 7.67. The van der Waals surface area contributed by atoms with E-state index in [1.807, 2.05) is 6.92 Å². The first kappa shape index (κ1) is 18.7. The molecule has 2 aliphatic rings. The van der Waals surface area contributed by atoms with Gasteiger partial charge in [0, 0.05) is 25.7 Å². The number of fused-ring (bicyclic) bond motifs is 1. The van der Waals surface area contributed by atoms with Gasteiger partial charge in [0.1, 0.15) is 0 Å². The largest absolute Gasteiger partial charge is 0.490 e. The highest BCUT2D eigenvalue weighted by molar-refractivity contribution is 7.89. The zero-order chi connectivity index (χ0) is 18.7.